The van der Waals surface area contributed by atoms with Crippen LogP contribution in [0.3, 0.4) is 0 Å². The van der Waals surface area contributed by atoms with E-state index < -0.39 is 0 Å². The predicted molar refractivity (Wildman–Crippen MR) is 189 cm³/mol. The van der Waals surface area contributed by atoms with E-state index in [2.05, 4.69) is 172 Å². The average molecular weight is 566 g/mol. The molecule has 0 fully saturated rings. The number of para-hydroxylation sites is 1. The van der Waals surface area contributed by atoms with Crippen LogP contribution in [0, 0.1) is 6.92 Å². The van der Waals surface area contributed by atoms with Crippen molar-refractivity contribution in [3.05, 3.63) is 151 Å². The molecule has 0 heterocycles. The molecule has 44 heavy (non-hydrogen) atoms. The molecule has 0 saturated heterocycles. The first-order valence-electron chi connectivity index (χ1n) is 15.5. The summed E-state index contributed by atoms with van der Waals surface area (Å²) in [5, 5.41) is 5.10. The summed E-state index contributed by atoms with van der Waals surface area (Å²) in [6, 6.07) is 51.7. The van der Waals surface area contributed by atoms with E-state index in [-0.39, 0.29) is 5.41 Å². The molecular formula is C43H35N. The highest BCUT2D eigenvalue weighted by atomic mass is 15.1. The predicted octanol–water partition coefficient (Wildman–Crippen LogP) is 12.4. The van der Waals surface area contributed by atoms with Crippen molar-refractivity contribution in [2.45, 2.75) is 33.1 Å². The maximum absolute atomic E-state index is 2.39. The Morgan fingerprint density at radius 2 is 0.955 bits per heavy atom. The maximum atomic E-state index is 2.39. The number of aryl methyl sites for hydroxylation is 1. The van der Waals surface area contributed by atoms with E-state index in [1.807, 2.05) is 0 Å². The molecule has 212 valence electrons. The smallest absolute Gasteiger partial charge is 0.0468 e. The van der Waals surface area contributed by atoms with Crippen LogP contribution in [0.1, 0.15) is 31.9 Å². The van der Waals surface area contributed by atoms with Gasteiger partial charge < -0.3 is 4.90 Å². The number of nitrogens with zero attached hydrogens (tertiary/aromatic N) is 1. The van der Waals surface area contributed by atoms with Crippen LogP contribution >= 0.6 is 0 Å². The monoisotopic (exact) mass is 565 g/mol. The molecule has 0 aromatic heterocycles. The van der Waals surface area contributed by atoms with Crippen molar-refractivity contribution in [2.75, 3.05) is 4.90 Å². The summed E-state index contributed by atoms with van der Waals surface area (Å²) in [5.74, 6) is 0. The van der Waals surface area contributed by atoms with E-state index in [1.54, 1.807) is 0 Å². The molecule has 7 aromatic carbocycles. The van der Waals surface area contributed by atoms with Crippen LogP contribution in [0.2, 0.25) is 0 Å². The van der Waals surface area contributed by atoms with Crippen molar-refractivity contribution in [2.24, 2.45) is 0 Å². The Kier molecular flexibility index (Phi) is 6.00. The summed E-state index contributed by atoms with van der Waals surface area (Å²) in [6.45, 7) is 8.95. The molecule has 1 aliphatic rings. The highest BCUT2D eigenvalue weighted by Gasteiger charge is 2.24. The molecule has 0 unspecified atom stereocenters. The molecule has 1 nitrogen and oxygen atoms in total. The zero-order chi connectivity index (χ0) is 30.0. The lowest BCUT2D eigenvalue weighted by Gasteiger charge is -2.28. The Labute approximate surface area is 260 Å². The molecule has 0 bridgehead atoms. The van der Waals surface area contributed by atoms with E-state index in [4.69, 9.17) is 0 Å². The van der Waals surface area contributed by atoms with Crippen molar-refractivity contribution in [3.63, 3.8) is 0 Å². The van der Waals surface area contributed by atoms with E-state index in [0.717, 1.165) is 11.4 Å². The van der Waals surface area contributed by atoms with Crippen LogP contribution < -0.4 is 4.90 Å². The number of hydrogen-bond acceptors (Lipinski definition) is 1. The maximum Gasteiger partial charge on any atom is 0.0468 e. The molecule has 0 radical (unpaired) electrons. The van der Waals surface area contributed by atoms with Gasteiger partial charge in [-0.3, -0.25) is 0 Å². The van der Waals surface area contributed by atoms with Crippen molar-refractivity contribution in [1.82, 2.24) is 0 Å². The SMILES string of the molecule is Cc1cccc(N(c2ccccc2)c2ccc3cc4c(cc3c2)-c2cc3cc(-c5ccc(C(C)(C)C)cc5)ccc3cc2-4)c1. The molecule has 1 aliphatic carbocycles. The highest BCUT2D eigenvalue weighted by Crippen LogP contribution is 2.51. The molecule has 0 saturated carbocycles. The highest BCUT2D eigenvalue weighted by molar-refractivity contribution is 6.12. The first kappa shape index (κ1) is 26.5. The van der Waals surface area contributed by atoms with Gasteiger partial charge in [-0.05, 0) is 145 Å². The lowest BCUT2D eigenvalue weighted by Crippen LogP contribution is -2.10. The Hall–Kier alpha value is -5.14. The quantitative estimate of drug-likeness (QED) is 0.205. The van der Waals surface area contributed by atoms with Crippen molar-refractivity contribution in [1.29, 1.82) is 0 Å². The van der Waals surface area contributed by atoms with Gasteiger partial charge in [-0.1, -0.05) is 93.6 Å². The summed E-state index contributed by atoms with van der Waals surface area (Å²) < 4.78 is 0. The fourth-order valence-corrected chi connectivity index (χ4v) is 6.68. The van der Waals surface area contributed by atoms with Gasteiger partial charge >= 0.3 is 0 Å². The van der Waals surface area contributed by atoms with Gasteiger partial charge in [0, 0.05) is 17.1 Å². The fourth-order valence-electron chi connectivity index (χ4n) is 6.68. The zero-order valence-electron chi connectivity index (χ0n) is 25.7. The van der Waals surface area contributed by atoms with E-state index in [0.29, 0.717) is 0 Å². The Bertz CT molecular complexity index is 2200. The second-order valence-electron chi connectivity index (χ2n) is 13.2. The largest absolute Gasteiger partial charge is 0.310 e. The minimum absolute atomic E-state index is 0.156. The summed E-state index contributed by atoms with van der Waals surface area (Å²) in [7, 11) is 0. The van der Waals surface area contributed by atoms with E-state index in [9.17, 15) is 0 Å². The lowest BCUT2D eigenvalue weighted by atomic mass is 9.77. The van der Waals surface area contributed by atoms with Gasteiger partial charge in [0.25, 0.3) is 0 Å². The normalized spacial score (nSPS) is 12.1. The van der Waals surface area contributed by atoms with E-state index in [1.165, 1.54) is 71.7 Å². The van der Waals surface area contributed by atoms with E-state index >= 15 is 0 Å². The summed E-state index contributed by atoms with van der Waals surface area (Å²) in [6.07, 6.45) is 0. The molecule has 7 aromatic rings. The Balaban J connectivity index is 1.19. The van der Waals surface area contributed by atoms with Crippen LogP contribution in [0.15, 0.2) is 140 Å². The molecule has 0 aliphatic heterocycles. The van der Waals surface area contributed by atoms with Gasteiger partial charge in [0.2, 0.25) is 0 Å². The molecular weight excluding hydrogens is 530 g/mol. The first-order valence-corrected chi connectivity index (χ1v) is 15.5. The average Bonchev–Trinajstić information content (AvgIpc) is 3.03. The third kappa shape index (κ3) is 4.48. The summed E-state index contributed by atoms with van der Waals surface area (Å²) in [4.78, 5) is 2.35. The number of rotatable bonds is 4. The number of hydrogen-bond donors (Lipinski definition) is 0. The van der Waals surface area contributed by atoms with Crippen molar-refractivity contribution < 1.29 is 0 Å². The fraction of sp³-hybridized carbons (Fsp3) is 0.116. The molecule has 0 atom stereocenters. The minimum atomic E-state index is 0.156. The summed E-state index contributed by atoms with van der Waals surface area (Å²) >= 11 is 0. The van der Waals surface area contributed by atoms with Gasteiger partial charge in [0.05, 0.1) is 0 Å². The van der Waals surface area contributed by atoms with Crippen LogP contribution in [0.5, 0.6) is 0 Å². The van der Waals surface area contributed by atoms with Crippen LogP contribution in [-0.4, -0.2) is 0 Å². The third-order valence-electron chi connectivity index (χ3n) is 9.13. The van der Waals surface area contributed by atoms with Gasteiger partial charge in [-0.2, -0.15) is 0 Å². The number of fused-ring (bicyclic) bond motifs is 6. The zero-order valence-corrected chi connectivity index (χ0v) is 25.7. The topological polar surface area (TPSA) is 3.24 Å². The van der Waals surface area contributed by atoms with Gasteiger partial charge in [0.15, 0.2) is 0 Å². The molecule has 0 spiro atoms. The third-order valence-corrected chi connectivity index (χ3v) is 9.13. The van der Waals surface area contributed by atoms with Crippen LogP contribution in [0.25, 0.3) is 54.9 Å². The number of anilines is 3. The molecule has 1 heteroatoms. The molecule has 0 N–H and O–H groups in total. The van der Waals surface area contributed by atoms with Crippen LogP contribution in [-0.2, 0) is 5.41 Å². The van der Waals surface area contributed by atoms with Crippen molar-refractivity contribution >= 4 is 38.6 Å². The van der Waals surface area contributed by atoms with Gasteiger partial charge in [-0.15, -0.1) is 0 Å². The standard InChI is InChI=1S/C43H35N/c1-28-9-8-12-37(21-28)44(36-10-6-5-7-11-36)38-20-17-32-25-40-39-24-31-14-13-30(29-15-18-35(19-16-29)43(2,3)4)22-33(31)26-41(39)42(40)27-34(32)23-38/h5-27H,1-4H3. The number of benzene rings is 7. The second kappa shape index (κ2) is 9.96. The van der Waals surface area contributed by atoms with Crippen LogP contribution in [0.4, 0.5) is 17.1 Å². The summed E-state index contributed by atoms with van der Waals surface area (Å²) in [5.41, 5.74) is 14.2. The Morgan fingerprint density at radius 3 is 1.59 bits per heavy atom. The molecule has 0 amide bonds. The lowest BCUT2D eigenvalue weighted by molar-refractivity contribution is 0.590. The minimum Gasteiger partial charge on any atom is -0.310 e. The van der Waals surface area contributed by atoms with Gasteiger partial charge in [-0.25, -0.2) is 0 Å². The Morgan fingerprint density at radius 1 is 0.409 bits per heavy atom. The van der Waals surface area contributed by atoms with Gasteiger partial charge in [0.1, 0.15) is 0 Å². The molecule has 8 rings (SSSR count). The van der Waals surface area contributed by atoms with Crippen molar-refractivity contribution in [3.8, 4) is 33.4 Å². The first-order chi connectivity index (χ1) is 21.3. The second-order valence-corrected chi connectivity index (χ2v) is 13.2.